The molecule has 5 heteroatoms. The molecule has 0 unspecified atom stereocenters. The van der Waals surface area contributed by atoms with Crippen molar-refractivity contribution in [2.75, 3.05) is 4.90 Å². The van der Waals surface area contributed by atoms with E-state index in [0.29, 0.717) is 17.3 Å². The Balaban J connectivity index is 2.36. The van der Waals surface area contributed by atoms with E-state index in [0.717, 1.165) is 0 Å². The molecule has 0 spiro atoms. The lowest BCUT2D eigenvalue weighted by atomic mass is 10.2. The lowest BCUT2D eigenvalue weighted by Gasteiger charge is -2.24. The molecule has 0 aliphatic carbocycles. The van der Waals surface area contributed by atoms with Crippen LogP contribution in [0.5, 0.6) is 5.75 Å². The zero-order valence-electron chi connectivity index (χ0n) is 11.9. The van der Waals surface area contributed by atoms with Gasteiger partial charge in [0.15, 0.2) is 0 Å². The van der Waals surface area contributed by atoms with Crippen molar-refractivity contribution in [2.45, 2.75) is 13.8 Å². The SMILES string of the molecule is CC(=O)Oc1cccc(N(C(C)=O)C2=CC=CC=CN2)c1. The van der Waals surface area contributed by atoms with Crippen LogP contribution < -0.4 is 15.0 Å². The fourth-order valence-electron chi connectivity index (χ4n) is 1.93. The van der Waals surface area contributed by atoms with Crippen molar-refractivity contribution in [2.24, 2.45) is 0 Å². The van der Waals surface area contributed by atoms with E-state index >= 15 is 0 Å². The molecule has 1 aliphatic rings. The van der Waals surface area contributed by atoms with Crippen LogP contribution in [0.3, 0.4) is 0 Å². The first-order valence-electron chi connectivity index (χ1n) is 6.47. The first kappa shape index (κ1) is 14.6. The highest BCUT2D eigenvalue weighted by atomic mass is 16.5. The number of ether oxygens (including phenoxy) is 1. The predicted molar refractivity (Wildman–Crippen MR) is 80.4 cm³/mol. The van der Waals surface area contributed by atoms with E-state index in [9.17, 15) is 9.59 Å². The number of benzene rings is 1. The second-order valence-corrected chi connectivity index (χ2v) is 4.39. The van der Waals surface area contributed by atoms with Gasteiger partial charge >= 0.3 is 5.97 Å². The highest BCUT2D eigenvalue weighted by Crippen LogP contribution is 2.24. The summed E-state index contributed by atoms with van der Waals surface area (Å²) in [5.74, 6) is 0.454. The lowest BCUT2D eigenvalue weighted by Crippen LogP contribution is -2.33. The molecule has 1 amide bonds. The number of anilines is 1. The van der Waals surface area contributed by atoms with E-state index in [1.54, 1.807) is 36.5 Å². The first-order valence-corrected chi connectivity index (χ1v) is 6.47. The third-order valence-electron chi connectivity index (χ3n) is 2.70. The Bertz CT molecular complexity index is 645. The number of carbonyl (C=O) groups is 2. The normalized spacial score (nSPS) is 13.0. The van der Waals surface area contributed by atoms with Crippen molar-refractivity contribution in [1.29, 1.82) is 0 Å². The van der Waals surface area contributed by atoms with Gasteiger partial charge in [0, 0.05) is 26.1 Å². The van der Waals surface area contributed by atoms with Gasteiger partial charge in [-0.05, 0) is 24.3 Å². The van der Waals surface area contributed by atoms with Gasteiger partial charge in [0.25, 0.3) is 0 Å². The molecule has 1 aliphatic heterocycles. The Morgan fingerprint density at radius 3 is 2.67 bits per heavy atom. The van der Waals surface area contributed by atoms with Gasteiger partial charge in [0.1, 0.15) is 11.6 Å². The van der Waals surface area contributed by atoms with Gasteiger partial charge in [-0.2, -0.15) is 0 Å². The smallest absolute Gasteiger partial charge is 0.308 e. The van der Waals surface area contributed by atoms with Crippen LogP contribution in [-0.4, -0.2) is 11.9 Å². The number of rotatable bonds is 3. The summed E-state index contributed by atoms with van der Waals surface area (Å²) in [6.45, 7) is 2.81. The lowest BCUT2D eigenvalue weighted by molar-refractivity contribution is -0.131. The maximum absolute atomic E-state index is 12.0. The van der Waals surface area contributed by atoms with Gasteiger partial charge < -0.3 is 10.1 Å². The van der Waals surface area contributed by atoms with Crippen LogP contribution in [0.4, 0.5) is 5.69 Å². The van der Waals surface area contributed by atoms with Gasteiger partial charge in [-0.1, -0.05) is 18.2 Å². The zero-order valence-corrected chi connectivity index (χ0v) is 11.9. The van der Waals surface area contributed by atoms with Crippen molar-refractivity contribution < 1.29 is 14.3 Å². The minimum Gasteiger partial charge on any atom is -0.427 e. The van der Waals surface area contributed by atoms with Crippen molar-refractivity contribution in [3.8, 4) is 5.75 Å². The van der Waals surface area contributed by atoms with Gasteiger partial charge in [0.05, 0.1) is 5.69 Å². The molecule has 1 heterocycles. The van der Waals surface area contributed by atoms with Crippen LogP contribution in [-0.2, 0) is 9.59 Å². The summed E-state index contributed by atoms with van der Waals surface area (Å²) < 4.78 is 5.05. The van der Waals surface area contributed by atoms with E-state index in [4.69, 9.17) is 4.74 Å². The minimum absolute atomic E-state index is 0.155. The number of nitrogens with zero attached hydrogens (tertiary/aromatic N) is 1. The second-order valence-electron chi connectivity index (χ2n) is 4.39. The molecule has 2 rings (SSSR count). The fraction of sp³-hybridized carbons (Fsp3) is 0.125. The summed E-state index contributed by atoms with van der Waals surface area (Å²) in [4.78, 5) is 24.5. The molecule has 1 aromatic carbocycles. The van der Waals surface area contributed by atoms with Crippen LogP contribution >= 0.6 is 0 Å². The van der Waals surface area contributed by atoms with Crippen LogP contribution in [0.15, 0.2) is 60.6 Å². The van der Waals surface area contributed by atoms with E-state index in [1.807, 2.05) is 18.2 Å². The average molecular weight is 284 g/mol. The van der Waals surface area contributed by atoms with Crippen molar-refractivity contribution in [3.05, 3.63) is 60.6 Å². The summed E-state index contributed by atoms with van der Waals surface area (Å²) in [7, 11) is 0. The predicted octanol–water partition coefficient (Wildman–Crippen LogP) is 2.48. The number of carbonyl (C=O) groups excluding carboxylic acids is 2. The first-order chi connectivity index (χ1) is 10.1. The standard InChI is InChI=1S/C16H16N2O3/c1-12(19)18(16-9-4-3-5-10-17-16)14-7-6-8-15(11-14)21-13(2)20/h3-11,17H,1-2H3. The number of amides is 1. The van der Waals surface area contributed by atoms with Gasteiger partial charge in [-0.3, -0.25) is 14.5 Å². The van der Waals surface area contributed by atoms with Crippen LogP contribution in [0, 0.1) is 0 Å². The summed E-state index contributed by atoms with van der Waals surface area (Å²) in [5, 5.41) is 3.04. The van der Waals surface area contributed by atoms with Gasteiger partial charge in [-0.25, -0.2) is 0 Å². The molecule has 0 fully saturated rings. The van der Waals surface area contributed by atoms with Crippen LogP contribution in [0.25, 0.3) is 0 Å². The Morgan fingerprint density at radius 1 is 1.14 bits per heavy atom. The molecule has 0 radical (unpaired) electrons. The molecule has 0 aromatic heterocycles. The van der Waals surface area contributed by atoms with E-state index in [2.05, 4.69) is 5.32 Å². The molecule has 5 nitrogen and oxygen atoms in total. The molecule has 0 atom stereocenters. The highest BCUT2D eigenvalue weighted by molar-refractivity contribution is 5.95. The van der Waals surface area contributed by atoms with Crippen LogP contribution in [0.2, 0.25) is 0 Å². The third-order valence-corrected chi connectivity index (χ3v) is 2.70. The summed E-state index contributed by atoms with van der Waals surface area (Å²) in [5.41, 5.74) is 0.615. The summed E-state index contributed by atoms with van der Waals surface area (Å²) in [6, 6.07) is 6.81. The molecular weight excluding hydrogens is 268 g/mol. The van der Waals surface area contributed by atoms with E-state index < -0.39 is 5.97 Å². The average Bonchev–Trinajstić information content (AvgIpc) is 2.67. The number of nitrogens with one attached hydrogen (secondary N) is 1. The van der Waals surface area contributed by atoms with Gasteiger partial charge in [0.2, 0.25) is 5.91 Å². The monoisotopic (exact) mass is 284 g/mol. The fourth-order valence-corrected chi connectivity index (χ4v) is 1.93. The molecule has 0 bridgehead atoms. The molecule has 0 saturated carbocycles. The molecule has 1 N–H and O–H groups in total. The zero-order chi connectivity index (χ0) is 15.2. The Kier molecular flexibility index (Phi) is 4.56. The highest BCUT2D eigenvalue weighted by Gasteiger charge is 2.17. The number of esters is 1. The summed E-state index contributed by atoms with van der Waals surface area (Å²) in [6.07, 6.45) is 9.05. The summed E-state index contributed by atoms with van der Waals surface area (Å²) >= 11 is 0. The van der Waals surface area contributed by atoms with Crippen molar-refractivity contribution in [1.82, 2.24) is 5.32 Å². The molecule has 108 valence electrons. The van der Waals surface area contributed by atoms with Crippen LogP contribution in [0.1, 0.15) is 13.8 Å². The Labute approximate surface area is 123 Å². The maximum atomic E-state index is 12.0. The number of hydrogen-bond acceptors (Lipinski definition) is 4. The van der Waals surface area contributed by atoms with Crippen molar-refractivity contribution >= 4 is 17.6 Å². The topological polar surface area (TPSA) is 58.6 Å². The van der Waals surface area contributed by atoms with Crippen molar-refractivity contribution in [3.63, 3.8) is 0 Å². The largest absolute Gasteiger partial charge is 0.427 e. The van der Waals surface area contributed by atoms with Gasteiger partial charge in [-0.15, -0.1) is 0 Å². The molecule has 21 heavy (non-hydrogen) atoms. The Morgan fingerprint density at radius 2 is 1.95 bits per heavy atom. The molecular formula is C16H16N2O3. The number of hydrogen-bond donors (Lipinski definition) is 1. The molecule has 1 aromatic rings. The minimum atomic E-state index is -0.404. The number of allylic oxidation sites excluding steroid dienone is 4. The third kappa shape index (κ3) is 3.82. The second kappa shape index (κ2) is 6.56. The van der Waals surface area contributed by atoms with E-state index in [-0.39, 0.29) is 5.91 Å². The molecule has 0 saturated heterocycles. The maximum Gasteiger partial charge on any atom is 0.308 e. The quantitative estimate of drug-likeness (QED) is 0.684. The van der Waals surface area contributed by atoms with E-state index in [1.165, 1.54) is 18.7 Å². The Hall–Kier alpha value is -2.82.